The fourth-order valence-corrected chi connectivity index (χ4v) is 1.94. The third-order valence-electron chi connectivity index (χ3n) is 2.73. The molecule has 3 aromatic rings. The summed E-state index contributed by atoms with van der Waals surface area (Å²) in [7, 11) is 0. The minimum atomic E-state index is 0.205. The molecular weight excluding hydrogens is 262 g/mol. The van der Waals surface area contributed by atoms with Crippen LogP contribution in [-0.2, 0) is 6.54 Å². The molecule has 0 spiro atoms. The predicted molar refractivity (Wildman–Crippen MR) is 73.5 cm³/mol. The van der Waals surface area contributed by atoms with E-state index in [2.05, 4.69) is 19.9 Å². The third-order valence-corrected chi connectivity index (χ3v) is 2.91. The van der Waals surface area contributed by atoms with Gasteiger partial charge in [0.1, 0.15) is 0 Å². The molecule has 0 aromatic carbocycles. The topological polar surface area (TPSA) is 77.6 Å². The smallest absolute Gasteiger partial charge is 0.222 e. The molecule has 5 nitrogen and oxygen atoms in total. The average molecular weight is 272 g/mol. The summed E-state index contributed by atoms with van der Waals surface area (Å²) in [5.74, 6) is 0. The number of nitrogens with two attached hydrogens (primary N) is 1. The predicted octanol–water partition coefficient (Wildman–Crippen LogP) is 2.20. The Labute approximate surface area is 114 Å². The molecule has 0 unspecified atom stereocenters. The molecule has 0 fully saturated rings. The molecule has 19 heavy (non-hydrogen) atoms. The van der Waals surface area contributed by atoms with Gasteiger partial charge in [-0.25, -0.2) is 15.0 Å². The number of halogens is 1. The number of pyridine rings is 2. The number of nitrogens with zero attached hydrogens (tertiary/aromatic N) is 4. The van der Waals surface area contributed by atoms with Crippen molar-refractivity contribution in [2.45, 2.75) is 6.54 Å². The molecule has 0 aliphatic carbocycles. The Hall–Kier alpha value is -2.11. The lowest BCUT2D eigenvalue weighted by Crippen LogP contribution is -1.99. The number of rotatable bonds is 2. The Kier molecular flexibility index (Phi) is 3.06. The maximum atomic E-state index is 5.78. The standard InChI is InChI=1S/C13H10ClN5/c14-13-16-4-3-11(19-13)10-2-1-8-7-17-9(6-15)5-12(8)18-10/h1-5,7H,6,15H2. The zero-order chi connectivity index (χ0) is 13.2. The van der Waals surface area contributed by atoms with Crippen molar-refractivity contribution < 1.29 is 0 Å². The highest BCUT2D eigenvalue weighted by Gasteiger charge is 2.05. The normalized spacial score (nSPS) is 10.8. The van der Waals surface area contributed by atoms with E-state index in [0.717, 1.165) is 22.3 Å². The van der Waals surface area contributed by atoms with Gasteiger partial charge in [0.05, 0.1) is 22.6 Å². The van der Waals surface area contributed by atoms with Crippen LogP contribution >= 0.6 is 11.6 Å². The molecule has 0 aliphatic heterocycles. The highest BCUT2D eigenvalue weighted by Crippen LogP contribution is 2.20. The molecule has 3 aromatic heterocycles. The number of aromatic nitrogens is 4. The highest BCUT2D eigenvalue weighted by atomic mass is 35.5. The van der Waals surface area contributed by atoms with E-state index in [1.807, 2.05) is 18.2 Å². The molecule has 0 saturated carbocycles. The molecule has 0 radical (unpaired) electrons. The highest BCUT2D eigenvalue weighted by molar-refractivity contribution is 6.28. The van der Waals surface area contributed by atoms with Crippen LogP contribution in [-0.4, -0.2) is 19.9 Å². The first-order chi connectivity index (χ1) is 9.26. The lowest BCUT2D eigenvalue weighted by Gasteiger charge is -2.03. The van der Waals surface area contributed by atoms with Crippen LogP contribution in [0, 0.1) is 0 Å². The van der Waals surface area contributed by atoms with Gasteiger partial charge in [-0.1, -0.05) is 0 Å². The SMILES string of the molecule is NCc1cc2nc(-c3ccnc(Cl)n3)ccc2cn1. The van der Waals surface area contributed by atoms with Crippen molar-refractivity contribution >= 4 is 22.5 Å². The molecule has 0 amide bonds. The maximum Gasteiger partial charge on any atom is 0.222 e. The van der Waals surface area contributed by atoms with Gasteiger partial charge in [-0.2, -0.15) is 0 Å². The molecule has 0 saturated heterocycles. The zero-order valence-corrected chi connectivity index (χ0v) is 10.7. The molecule has 2 N–H and O–H groups in total. The van der Waals surface area contributed by atoms with Gasteiger partial charge < -0.3 is 5.73 Å². The van der Waals surface area contributed by atoms with Gasteiger partial charge >= 0.3 is 0 Å². The molecular formula is C13H10ClN5. The second-order valence-electron chi connectivity index (χ2n) is 3.98. The van der Waals surface area contributed by atoms with Crippen LogP contribution in [0.5, 0.6) is 0 Å². The van der Waals surface area contributed by atoms with E-state index in [1.54, 1.807) is 18.5 Å². The Morgan fingerprint density at radius 2 is 1.89 bits per heavy atom. The van der Waals surface area contributed by atoms with Gasteiger partial charge in [0.2, 0.25) is 5.28 Å². The Morgan fingerprint density at radius 1 is 1.05 bits per heavy atom. The summed E-state index contributed by atoms with van der Waals surface area (Å²) in [6.45, 7) is 0.390. The van der Waals surface area contributed by atoms with Crippen LogP contribution in [0.3, 0.4) is 0 Å². The van der Waals surface area contributed by atoms with E-state index >= 15 is 0 Å². The van der Waals surface area contributed by atoms with Crippen LogP contribution in [0.2, 0.25) is 5.28 Å². The van der Waals surface area contributed by atoms with E-state index in [1.165, 1.54) is 0 Å². The molecule has 6 heteroatoms. The minimum absolute atomic E-state index is 0.205. The lowest BCUT2D eigenvalue weighted by molar-refractivity contribution is 0.996. The maximum absolute atomic E-state index is 5.78. The van der Waals surface area contributed by atoms with Gasteiger partial charge in [0, 0.05) is 24.3 Å². The minimum Gasteiger partial charge on any atom is -0.325 e. The van der Waals surface area contributed by atoms with Crippen LogP contribution < -0.4 is 5.73 Å². The largest absolute Gasteiger partial charge is 0.325 e. The van der Waals surface area contributed by atoms with Crippen LogP contribution in [0.15, 0.2) is 36.7 Å². The third kappa shape index (κ3) is 2.38. The first-order valence-corrected chi connectivity index (χ1v) is 6.09. The van der Waals surface area contributed by atoms with Crippen LogP contribution in [0.1, 0.15) is 5.69 Å². The average Bonchev–Trinajstić information content (AvgIpc) is 2.46. The van der Waals surface area contributed by atoms with Gasteiger partial charge in [-0.15, -0.1) is 0 Å². The molecule has 0 bridgehead atoms. The van der Waals surface area contributed by atoms with Gasteiger partial charge in [0.25, 0.3) is 0 Å². The van der Waals surface area contributed by atoms with E-state index in [0.29, 0.717) is 12.2 Å². The quantitative estimate of drug-likeness (QED) is 0.723. The Morgan fingerprint density at radius 3 is 2.68 bits per heavy atom. The molecule has 0 atom stereocenters. The second kappa shape index (κ2) is 4.87. The van der Waals surface area contributed by atoms with Crippen molar-refractivity contribution in [1.82, 2.24) is 19.9 Å². The fraction of sp³-hybridized carbons (Fsp3) is 0.0769. The molecule has 3 heterocycles. The van der Waals surface area contributed by atoms with Gasteiger partial charge in [0.15, 0.2) is 0 Å². The zero-order valence-electron chi connectivity index (χ0n) is 9.92. The number of hydrogen-bond acceptors (Lipinski definition) is 5. The summed E-state index contributed by atoms with van der Waals surface area (Å²) in [6.07, 6.45) is 3.37. The van der Waals surface area contributed by atoms with Gasteiger partial charge in [-0.3, -0.25) is 4.98 Å². The first-order valence-electron chi connectivity index (χ1n) is 5.71. The number of fused-ring (bicyclic) bond motifs is 1. The van der Waals surface area contributed by atoms with Crippen molar-refractivity contribution in [3.8, 4) is 11.4 Å². The second-order valence-corrected chi connectivity index (χ2v) is 4.32. The van der Waals surface area contributed by atoms with Gasteiger partial charge in [-0.05, 0) is 35.9 Å². The van der Waals surface area contributed by atoms with Crippen LogP contribution in [0.25, 0.3) is 22.3 Å². The van der Waals surface area contributed by atoms with Crippen molar-refractivity contribution in [3.63, 3.8) is 0 Å². The Balaban J connectivity index is 2.15. The van der Waals surface area contributed by atoms with Crippen molar-refractivity contribution in [3.05, 3.63) is 47.6 Å². The monoisotopic (exact) mass is 271 g/mol. The molecule has 94 valence electrons. The summed E-state index contributed by atoms with van der Waals surface area (Å²) in [6, 6.07) is 7.47. The molecule has 0 aliphatic rings. The summed E-state index contributed by atoms with van der Waals surface area (Å²) in [4.78, 5) is 16.8. The lowest BCUT2D eigenvalue weighted by atomic mass is 10.2. The Bertz CT molecular complexity index is 744. The summed E-state index contributed by atoms with van der Waals surface area (Å²) < 4.78 is 0. The summed E-state index contributed by atoms with van der Waals surface area (Å²) in [5.41, 5.74) is 8.65. The van der Waals surface area contributed by atoms with E-state index < -0.39 is 0 Å². The van der Waals surface area contributed by atoms with E-state index in [9.17, 15) is 0 Å². The van der Waals surface area contributed by atoms with E-state index in [4.69, 9.17) is 17.3 Å². The van der Waals surface area contributed by atoms with Crippen molar-refractivity contribution in [2.75, 3.05) is 0 Å². The van der Waals surface area contributed by atoms with Crippen LogP contribution in [0.4, 0.5) is 0 Å². The fourth-order valence-electron chi connectivity index (χ4n) is 1.79. The molecule has 3 rings (SSSR count). The van der Waals surface area contributed by atoms with Crippen molar-refractivity contribution in [1.29, 1.82) is 0 Å². The summed E-state index contributed by atoms with van der Waals surface area (Å²) in [5, 5.41) is 1.16. The first kappa shape index (κ1) is 12.0. The number of hydrogen-bond donors (Lipinski definition) is 1. The van der Waals surface area contributed by atoms with E-state index in [-0.39, 0.29) is 5.28 Å². The van der Waals surface area contributed by atoms with Crippen molar-refractivity contribution in [2.24, 2.45) is 5.73 Å². The summed E-state index contributed by atoms with van der Waals surface area (Å²) >= 11 is 5.78.